The number of imidazole rings is 1. The Morgan fingerprint density at radius 1 is 1.50 bits per heavy atom. The van der Waals surface area contributed by atoms with Crippen LogP contribution in [0.5, 0.6) is 0 Å². The molecule has 0 atom stereocenters. The fourth-order valence-electron chi connectivity index (χ4n) is 1.91. The summed E-state index contributed by atoms with van der Waals surface area (Å²) in [5, 5.41) is 0. The van der Waals surface area contributed by atoms with Gasteiger partial charge in [0.25, 0.3) is 0 Å². The number of rotatable bonds is 3. The van der Waals surface area contributed by atoms with Gasteiger partial charge in [-0.25, -0.2) is 4.98 Å². The summed E-state index contributed by atoms with van der Waals surface area (Å²) in [4.78, 5) is 16.1. The van der Waals surface area contributed by atoms with E-state index in [1.807, 2.05) is 37.5 Å². The van der Waals surface area contributed by atoms with Crippen molar-refractivity contribution in [2.24, 2.45) is 0 Å². The van der Waals surface area contributed by atoms with E-state index in [1.165, 1.54) is 0 Å². The highest BCUT2D eigenvalue weighted by atomic mass is 16.5. The normalized spacial score (nSPS) is 11.1. The minimum absolute atomic E-state index is 0.113. The molecule has 0 saturated heterocycles. The van der Waals surface area contributed by atoms with Crippen LogP contribution in [0.2, 0.25) is 0 Å². The third-order valence-corrected chi connectivity index (χ3v) is 2.66. The summed E-state index contributed by atoms with van der Waals surface area (Å²) in [5.74, 6) is 0.485. The minimum Gasteiger partial charge on any atom is -0.462 e. The second-order valence-corrected chi connectivity index (χ2v) is 4.50. The second kappa shape index (κ2) is 4.68. The quantitative estimate of drug-likeness (QED) is 0.664. The van der Waals surface area contributed by atoms with Crippen LogP contribution in [0.1, 0.15) is 19.7 Å². The molecule has 5 heteroatoms. The van der Waals surface area contributed by atoms with Crippen LogP contribution in [-0.4, -0.2) is 21.6 Å². The molecule has 0 aliphatic rings. The van der Waals surface area contributed by atoms with E-state index in [4.69, 9.17) is 10.5 Å². The second-order valence-electron chi connectivity index (χ2n) is 4.50. The minimum atomic E-state index is -0.269. The molecule has 0 aliphatic carbocycles. The summed E-state index contributed by atoms with van der Waals surface area (Å²) in [6, 6.07) is 5.54. The molecule has 0 spiro atoms. The average Bonchev–Trinajstić information content (AvgIpc) is 2.57. The Balaban J connectivity index is 2.36. The van der Waals surface area contributed by atoms with Crippen LogP contribution in [0.3, 0.4) is 0 Å². The van der Waals surface area contributed by atoms with Crippen molar-refractivity contribution in [3.63, 3.8) is 0 Å². The largest absolute Gasteiger partial charge is 0.462 e. The first-order valence-electron chi connectivity index (χ1n) is 5.90. The lowest BCUT2D eigenvalue weighted by atomic mass is 10.3. The number of aromatic nitrogens is 2. The number of hydrogen-bond acceptors (Lipinski definition) is 4. The molecule has 1 heterocycles. The van der Waals surface area contributed by atoms with E-state index in [-0.39, 0.29) is 18.6 Å². The molecule has 0 radical (unpaired) electrons. The van der Waals surface area contributed by atoms with Crippen molar-refractivity contribution in [1.82, 2.24) is 9.55 Å². The molecule has 18 heavy (non-hydrogen) atoms. The number of nitrogen functional groups attached to an aromatic ring is 1. The first-order chi connectivity index (χ1) is 8.49. The standard InChI is InChI=1S/C13H17N3O2/c1-8(2)18-12(17)7-16-9(3)15-13-10(14)5-4-6-11(13)16/h4-6,8H,7,14H2,1-3H3. The summed E-state index contributed by atoms with van der Waals surface area (Å²) in [6.07, 6.45) is -0.113. The van der Waals surface area contributed by atoms with Gasteiger partial charge >= 0.3 is 5.97 Å². The van der Waals surface area contributed by atoms with Gasteiger partial charge in [-0.05, 0) is 32.9 Å². The SMILES string of the molecule is Cc1nc2c(N)cccc2n1CC(=O)OC(C)C. The maximum Gasteiger partial charge on any atom is 0.326 e. The molecule has 0 bridgehead atoms. The number of carbonyl (C=O) groups is 1. The Morgan fingerprint density at radius 3 is 2.89 bits per heavy atom. The first-order valence-corrected chi connectivity index (χ1v) is 5.90. The zero-order chi connectivity index (χ0) is 13.3. The summed E-state index contributed by atoms with van der Waals surface area (Å²) in [6.45, 7) is 5.66. The molecule has 5 nitrogen and oxygen atoms in total. The number of esters is 1. The molecule has 0 amide bonds. The van der Waals surface area contributed by atoms with Gasteiger partial charge in [-0.3, -0.25) is 4.79 Å². The highest BCUT2D eigenvalue weighted by Gasteiger charge is 2.13. The van der Waals surface area contributed by atoms with E-state index in [9.17, 15) is 4.79 Å². The Morgan fingerprint density at radius 2 is 2.22 bits per heavy atom. The Labute approximate surface area is 106 Å². The predicted octanol–water partition coefficient (Wildman–Crippen LogP) is 1.88. The van der Waals surface area contributed by atoms with Gasteiger partial charge in [0.15, 0.2) is 0 Å². The van der Waals surface area contributed by atoms with Crippen molar-refractivity contribution in [3.8, 4) is 0 Å². The molecule has 1 aromatic carbocycles. The van der Waals surface area contributed by atoms with Crippen molar-refractivity contribution in [1.29, 1.82) is 0 Å². The van der Waals surface area contributed by atoms with Crippen molar-refractivity contribution in [3.05, 3.63) is 24.0 Å². The van der Waals surface area contributed by atoms with Crippen LogP contribution in [0.15, 0.2) is 18.2 Å². The first kappa shape index (κ1) is 12.4. The third kappa shape index (κ3) is 2.30. The van der Waals surface area contributed by atoms with Crippen molar-refractivity contribution in [2.75, 3.05) is 5.73 Å². The molecule has 96 valence electrons. The lowest BCUT2D eigenvalue weighted by Crippen LogP contribution is -2.18. The van der Waals surface area contributed by atoms with Crippen LogP contribution in [0.25, 0.3) is 11.0 Å². The van der Waals surface area contributed by atoms with Gasteiger partial charge in [-0.1, -0.05) is 6.07 Å². The van der Waals surface area contributed by atoms with E-state index in [2.05, 4.69) is 4.98 Å². The molecular weight excluding hydrogens is 230 g/mol. The van der Waals surface area contributed by atoms with Gasteiger partial charge < -0.3 is 15.0 Å². The molecule has 0 aliphatic heterocycles. The van der Waals surface area contributed by atoms with Gasteiger partial charge in [0.05, 0.1) is 17.3 Å². The lowest BCUT2D eigenvalue weighted by molar-refractivity contribution is -0.148. The number of benzene rings is 1. The van der Waals surface area contributed by atoms with Crippen LogP contribution >= 0.6 is 0 Å². The number of nitrogens with two attached hydrogens (primary N) is 1. The zero-order valence-corrected chi connectivity index (χ0v) is 10.8. The topological polar surface area (TPSA) is 70.1 Å². The van der Waals surface area contributed by atoms with Gasteiger partial charge in [0, 0.05) is 0 Å². The number of ether oxygens (including phenoxy) is 1. The van der Waals surface area contributed by atoms with E-state index < -0.39 is 0 Å². The number of nitrogens with zero attached hydrogens (tertiary/aromatic N) is 2. The monoisotopic (exact) mass is 247 g/mol. The molecule has 1 aromatic heterocycles. The summed E-state index contributed by atoms with van der Waals surface area (Å²) >= 11 is 0. The van der Waals surface area contributed by atoms with Gasteiger partial charge in [0.2, 0.25) is 0 Å². The van der Waals surface area contributed by atoms with Crippen LogP contribution in [0, 0.1) is 6.92 Å². The van der Waals surface area contributed by atoms with Crippen LogP contribution in [0.4, 0.5) is 5.69 Å². The summed E-state index contributed by atoms with van der Waals surface area (Å²) < 4.78 is 6.95. The lowest BCUT2D eigenvalue weighted by Gasteiger charge is -2.10. The van der Waals surface area contributed by atoms with Gasteiger partial charge in [-0.2, -0.15) is 0 Å². The molecule has 2 rings (SSSR count). The molecule has 0 unspecified atom stereocenters. The summed E-state index contributed by atoms with van der Waals surface area (Å²) in [7, 11) is 0. The van der Waals surface area contributed by atoms with E-state index in [0.717, 1.165) is 16.9 Å². The van der Waals surface area contributed by atoms with Crippen molar-refractivity contribution >= 4 is 22.7 Å². The van der Waals surface area contributed by atoms with Crippen molar-refractivity contribution in [2.45, 2.75) is 33.4 Å². The maximum atomic E-state index is 11.7. The molecular formula is C13H17N3O2. The van der Waals surface area contributed by atoms with Gasteiger partial charge in [0.1, 0.15) is 17.9 Å². The number of para-hydroxylation sites is 1. The molecule has 2 aromatic rings. The fraction of sp³-hybridized carbons (Fsp3) is 0.385. The van der Waals surface area contributed by atoms with E-state index >= 15 is 0 Å². The highest BCUT2D eigenvalue weighted by Crippen LogP contribution is 2.21. The van der Waals surface area contributed by atoms with Crippen LogP contribution < -0.4 is 5.73 Å². The summed E-state index contributed by atoms with van der Waals surface area (Å²) in [5.41, 5.74) is 8.06. The third-order valence-electron chi connectivity index (χ3n) is 2.66. The Kier molecular flexibility index (Phi) is 3.23. The maximum absolute atomic E-state index is 11.7. The number of carbonyl (C=O) groups excluding carboxylic acids is 1. The van der Waals surface area contributed by atoms with Gasteiger partial charge in [-0.15, -0.1) is 0 Å². The smallest absolute Gasteiger partial charge is 0.326 e. The Hall–Kier alpha value is -2.04. The number of aryl methyl sites for hydroxylation is 1. The number of fused-ring (bicyclic) bond motifs is 1. The predicted molar refractivity (Wildman–Crippen MR) is 70.1 cm³/mol. The Bertz CT molecular complexity index is 587. The molecule has 2 N–H and O–H groups in total. The average molecular weight is 247 g/mol. The fourth-order valence-corrected chi connectivity index (χ4v) is 1.91. The highest BCUT2D eigenvalue weighted by molar-refractivity contribution is 5.88. The number of hydrogen-bond donors (Lipinski definition) is 1. The van der Waals surface area contributed by atoms with E-state index in [1.54, 1.807) is 6.07 Å². The molecule has 0 fully saturated rings. The zero-order valence-electron chi connectivity index (χ0n) is 10.8. The number of anilines is 1. The molecule has 0 saturated carbocycles. The van der Waals surface area contributed by atoms with Crippen LogP contribution in [-0.2, 0) is 16.1 Å². The van der Waals surface area contributed by atoms with E-state index in [0.29, 0.717) is 5.69 Å². The van der Waals surface area contributed by atoms with Crippen molar-refractivity contribution < 1.29 is 9.53 Å².